The Morgan fingerprint density at radius 2 is 1.71 bits per heavy atom. The third-order valence-corrected chi connectivity index (χ3v) is 5.15. The van der Waals surface area contributed by atoms with Crippen molar-refractivity contribution in [2.45, 2.75) is 50.7 Å². The highest BCUT2D eigenvalue weighted by atomic mass is 16.5. The van der Waals surface area contributed by atoms with E-state index in [1.54, 1.807) is 0 Å². The van der Waals surface area contributed by atoms with E-state index in [0.29, 0.717) is 5.41 Å². The van der Waals surface area contributed by atoms with Gasteiger partial charge in [0.1, 0.15) is 5.72 Å². The second-order valence-corrected chi connectivity index (χ2v) is 6.50. The molecule has 3 aliphatic rings. The minimum atomic E-state index is 0.0230. The van der Waals surface area contributed by atoms with Crippen molar-refractivity contribution >= 4 is 0 Å². The minimum Gasteiger partial charge on any atom is -0.360 e. The maximum Gasteiger partial charge on any atom is 0.121 e. The zero-order chi connectivity index (χ0) is 11.8. The number of piperidine rings is 1. The summed E-state index contributed by atoms with van der Waals surface area (Å²) in [7, 11) is 2.21. The Labute approximate surface area is 105 Å². The molecule has 3 rings (SSSR count). The first-order valence-corrected chi connectivity index (χ1v) is 7.30. The van der Waals surface area contributed by atoms with Crippen LogP contribution in [0.25, 0.3) is 0 Å². The third-order valence-electron chi connectivity index (χ3n) is 5.15. The number of nitrogens with zero attached hydrogens (tertiary/aromatic N) is 1. The fourth-order valence-corrected chi connectivity index (χ4v) is 3.67. The SMILES string of the molecule is CN1CCC2(CC1)NCC1(CCCCC1)CO2. The molecule has 0 atom stereocenters. The van der Waals surface area contributed by atoms with Crippen LogP contribution in [0.2, 0.25) is 0 Å². The largest absolute Gasteiger partial charge is 0.360 e. The second kappa shape index (κ2) is 4.52. The molecule has 1 N–H and O–H groups in total. The zero-order valence-corrected chi connectivity index (χ0v) is 11.1. The summed E-state index contributed by atoms with van der Waals surface area (Å²) in [6.45, 7) is 4.53. The number of rotatable bonds is 0. The lowest BCUT2D eigenvalue weighted by Gasteiger charge is -2.51. The highest BCUT2D eigenvalue weighted by Gasteiger charge is 2.44. The van der Waals surface area contributed by atoms with Crippen molar-refractivity contribution in [1.29, 1.82) is 0 Å². The van der Waals surface area contributed by atoms with Crippen LogP contribution >= 0.6 is 0 Å². The molecule has 3 heteroatoms. The molecule has 0 aromatic heterocycles. The average Bonchev–Trinajstić information content (AvgIpc) is 2.38. The first-order valence-electron chi connectivity index (χ1n) is 7.30. The molecule has 0 aromatic rings. The van der Waals surface area contributed by atoms with Gasteiger partial charge in [-0.15, -0.1) is 0 Å². The molecule has 0 bridgehead atoms. The molecule has 1 aliphatic carbocycles. The van der Waals surface area contributed by atoms with Crippen molar-refractivity contribution in [2.24, 2.45) is 5.41 Å². The van der Waals surface area contributed by atoms with Gasteiger partial charge >= 0.3 is 0 Å². The quantitative estimate of drug-likeness (QED) is 0.698. The van der Waals surface area contributed by atoms with Gasteiger partial charge in [0, 0.05) is 37.9 Å². The van der Waals surface area contributed by atoms with E-state index in [-0.39, 0.29) is 5.72 Å². The van der Waals surface area contributed by atoms with Crippen LogP contribution in [0.5, 0.6) is 0 Å². The molecular formula is C14H26N2O. The number of likely N-dealkylation sites (tertiary alicyclic amines) is 1. The molecule has 17 heavy (non-hydrogen) atoms. The van der Waals surface area contributed by atoms with E-state index in [1.165, 1.54) is 51.7 Å². The summed E-state index contributed by atoms with van der Waals surface area (Å²) < 4.78 is 6.31. The number of nitrogens with one attached hydrogen (secondary N) is 1. The van der Waals surface area contributed by atoms with Gasteiger partial charge in [-0.2, -0.15) is 0 Å². The van der Waals surface area contributed by atoms with Crippen LogP contribution in [-0.4, -0.2) is 43.9 Å². The molecule has 0 aromatic carbocycles. The van der Waals surface area contributed by atoms with E-state index in [9.17, 15) is 0 Å². The van der Waals surface area contributed by atoms with Crippen molar-refractivity contribution in [3.8, 4) is 0 Å². The summed E-state index contributed by atoms with van der Waals surface area (Å²) in [5.74, 6) is 0. The van der Waals surface area contributed by atoms with Crippen LogP contribution in [-0.2, 0) is 4.74 Å². The smallest absolute Gasteiger partial charge is 0.121 e. The van der Waals surface area contributed by atoms with E-state index in [4.69, 9.17) is 4.74 Å². The highest BCUT2D eigenvalue weighted by Crippen LogP contribution is 2.41. The van der Waals surface area contributed by atoms with Crippen LogP contribution in [0.1, 0.15) is 44.9 Å². The van der Waals surface area contributed by atoms with Crippen molar-refractivity contribution < 1.29 is 4.74 Å². The van der Waals surface area contributed by atoms with Crippen LogP contribution in [0.15, 0.2) is 0 Å². The second-order valence-electron chi connectivity index (χ2n) is 6.50. The number of hydrogen-bond donors (Lipinski definition) is 1. The molecular weight excluding hydrogens is 212 g/mol. The fraction of sp³-hybridized carbons (Fsp3) is 1.00. The molecule has 2 spiro atoms. The van der Waals surface area contributed by atoms with Gasteiger partial charge in [0.15, 0.2) is 0 Å². The van der Waals surface area contributed by atoms with Crippen LogP contribution in [0.4, 0.5) is 0 Å². The monoisotopic (exact) mass is 238 g/mol. The van der Waals surface area contributed by atoms with Gasteiger partial charge < -0.3 is 9.64 Å². The Kier molecular flexibility index (Phi) is 3.18. The number of hydrogen-bond acceptors (Lipinski definition) is 3. The van der Waals surface area contributed by atoms with Gasteiger partial charge in [0.05, 0.1) is 6.61 Å². The van der Waals surface area contributed by atoms with E-state index < -0.39 is 0 Å². The maximum absolute atomic E-state index is 6.31. The highest BCUT2D eigenvalue weighted by molar-refractivity contribution is 4.95. The van der Waals surface area contributed by atoms with Crippen molar-refractivity contribution in [3.63, 3.8) is 0 Å². The summed E-state index contributed by atoms with van der Waals surface area (Å²) in [5, 5.41) is 3.77. The van der Waals surface area contributed by atoms with Crippen LogP contribution in [0, 0.1) is 5.41 Å². The van der Waals surface area contributed by atoms with Gasteiger partial charge in [-0.25, -0.2) is 0 Å². The predicted molar refractivity (Wildman–Crippen MR) is 68.9 cm³/mol. The summed E-state index contributed by atoms with van der Waals surface area (Å²) in [5.41, 5.74) is 0.502. The van der Waals surface area contributed by atoms with E-state index in [0.717, 1.165) is 19.4 Å². The van der Waals surface area contributed by atoms with Gasteiger partial charge in [0.25, 0.3) is 0 Å². The Morgan fingerprint density at radius 3 is 2.29 bits per heavy atom. The van der Waals surface area contributed by atoms with Crippen LogP contribution in [0.3, 0.4) is 0 Å². The normalized spacial score (nSPS) is 33.0. The molecule has 1 saturated carbocycles. The first kappa shape index (κ1) is 11.9. The predicted octanol–water partition coefficient (Wildman–Crippen LogP) is 1.98. The summed E-state index contributed by atoms with van der Waals surface area (Å²) in [4.78, 5) is 2.40. The maximum atomic E-state index is 6.31. The first-order chi connectivity index (χ1) is 8.22. The lowest BCUT2D eigenvalue weighted by molar-refractivity contribution is -0.173. The molecule has 0 unspecified atom stereocenters. The van der Waals surface area contributed by atoms with Gasteiger partial charge in [-0.3, -0.25) is 5.32 Å². The van der Waals surface area contributed by atoms with Gasteiger partial charge in [-0.05, 0) is 19.9 Å². The van der Waals surface area contributed by atoms with Crippen molar-refractivity contribution in [1.82, 2.24) is 10.2 Å². The molecule has 0 amide bonds. The lowest BCUT2D eigenvalue weighted by atomic mass is 9.73. The topological polar surface area (TPSA) is 24.5 Å². The Bertz CT molecular complexity index is 253. The minimum absolute atomic E-state index is 0.0230. The standard InChI is InChI=1S/C14H26N2O/c1-16-9-7-14(8-10-16)15-11-13(12-17-14)5-3-2-4-6-13/h15H,2-12H2,1H3. The Hall–Kier alpha value is -0.120. The molecule has 3 nitrogen and oxygen atoms in total. The fourth-order valence-electron chi connectivity index (χ4n) is 3.67. The Morgan fingerprint density at radius 1 is 1.00 bits per heavy atom. The Balaban J connectivity index is 1.59. The van der Waals surface area contributed by atoms with Crippen LogP contribution < -0.4 is 5.32 Å². The summed E-state index contributed by atoms with van der Waals surface area (Å²) in [6.07, 6.45) is 9.28. The molecule has 98 valence electrons. The third kappa shape index (κ3) is 2.38. The van der Waals surface area contributed by atoms with E-state index in [1.807, 2.05) is 0 Å². The van der Waals surface area contributed by atoms with E-state index >= 15 is 0 Å². The van der Waals surface area contributed by atoms with E-state index in [2.05, 4.69) is 17.3 Å². The zero-order valence-electron chi connectivity index (χ0n) is 11.1. The molecule has 2 heterocycles. The van der Waals surface area contributed by atoms with Crippen molar-refractivity contribution in [3.05, 3.63) is 0 Å². The summed E-state index contributed by atoms with van der Waals surface area (Å²) in [6, 6.07) is 0. The summed E-state index contributed by atoms with van der Waals surface area (Å²) >= 11 is 0. The van der Waals surface area contributed by atoms with Gasteiger partial charge in [0.2, 0.25) is 0 Å². The molecule has 2 aliphatic heterocycles. The lowest BCUT2D eigenvalue weighted by Crippen LogP contribution is -2.62. The average molecular weight is 238 g/mol. The molecule has 2 saturated heterocycles. The van der Waals surface area contributed by atoms with Crippen molar-refractivity contribution in [2.75, 3.05) is 33.3 Å². The molecule has 0 radical (unpaired) electrons. The molecule has 3 fully saturated rings. The number of ether oxygens (including phenoxy) is 1. The van der Waals surface area contributed by atoms with Gasteiger partial charge in [-0.1, -0.05) is 19.3 Å².